The maximum Gasteiger partial charge on any atom is 0.302 e. The number of hydrogen-bond acceptors (Lipinski definition) is 7. The average Bonchev–Trinajstić information content (AvgIpc) is 3.37. The molecule has 5 rings (SSSR count). The molecule has 0 fully saturated rings. The van der Waals surface area contributed by atoms with Gasteiger partial charge in [-0.25, -0.2) is 15.0 Å². The van der Waals surface area contributed by atoms with Gasteiger partial charge in [-0.05, 0) is 54.5 Å². The maximum absolute atomic E-state index is 12.4. The minimum absolute atomic E-state index is 0.0828. The fourth-order valence-corrected chi connectivity index (χ4v) is 3.58. The van der Waals surface area contributed by atoms with Crippen LogP contribution in [0.5, 0.6) is 11.5 Å². The van der Waals surface area contributed by atoms with Gasteiger partial charge in [-0.2, -0.15) is 0 Å². The summed E-state index contributed by atoms with van der Waals surface area (Å²) in [7, 11) is 1.65. The molecule has 3 aromatic heterocycles. The van der Waals surface area contributed by atoms with E-state index >= 15 is 0 Å². The van der Waals surface area contributed by atoms with Crippen molar-refractivity contribution in [2.45, 2.75) is 6.42 Å². The number of fused-ring (bicyclic) bond motifs is 2. The van der Waals surface area contributed by atoms with E-state index in [-0.39, 0.29) is 18.9 Å². The van der Waals surface area contributed by atoms with E-state index < -0.39 is 0 Å². The average molecular weight is 479 g/mol. The van der Waals surface area contributed by atoms with E-state index in [0.717, 1.165) is 22.2 Å². The lowest BCUT2D eigenvalue weighted by Gasteiger charge is -2.16. The minimum atomic E-state index is -0.364. The molecule has 2 aromatic carbocycles. The molecule has 0 spiro atoms. The molecular formula is C27H22N6O3. The van der Waals surface area contributed by atoms with Crippen LogP contribution in [-0.4, -0.2) is 44.0 Å². The second-order valence-electron chi connectivity index (χ2n) is 7.87. The quantitative estimate of drug-likeness (QED) is 0.353. The van der Waals surface area contributed by atoms with Crippen molar-refractivity contribution in [2.24, 2.45) is 0 Å². The zero-order valence-electron chi connectivity index (χ0n) is 19.4. The summed E-state index contributed by atoms with van der Waals surface area (Å²) in [4.78, 5) is 26.8. The Kier molecular flexibility index (Phi) is 6.42. The van der Waals surface area contributed by atoms with Crippen molar-refractivity contribution in [2.75, 3.05) is 23.9 Å². The number of aliphatic hydroxyl groups excluding tert-OH is 1. The molecule has 0 saturated heterocycles. The third kappa shape index (κ3) is 4.94. The molecule has 3 heterocycles. The van der Waals surface area contributed by atoms with E-state index in [0.29, 0.717) is 23.0 Å². The number of amides is 1. The number of pyridine rings is 1. The third-order valence-electron chi connectivity index (χ3n) is 5.47. The van der Waals surface area contributed by atoms with Gasteiger partial charge in [-0.1, -0.05) is 5.92 Å². The number of aromatic nitrogens is 4. The molecule has 0 unspecified atom stereocenters. The first kappa shape index (κ1) is 22.8. The third-order valence-corrected chi connectivity index (χ3v) is 5.47. The van der Waals surface area contributed by atoms with Crippen molar-refractivity contribution in [3.05, 3.63) is 79.5 Å². The number of aliphatic hydroxyl groups is 1. The Morgan fingerprint density at radius 1 is 1.06 bits per heavy atom. The highest BCUT2D eigenvalue weighted by molar-refractivity contribution is 6.06. The number of nitrogens with one attached hydrogen (secondary N) is 1. The molecule has 0 saturated carbocycles. The number of nitrogens with zero attached hydrogens (tertiary/aromatic N) is 5. The van der Waals surface area contributed by atoms with Gasteiger partial charge in [0.05, 0.1) is 12.1 Å². The number of imidazole rings is 1. The van der Waals surface area contributed by atoms with Crippen LogP contribution in [0.2, 0.25) is 0 Å². The van der Waals surface area contributed by atoms with Crippen LogP contribution in [0.25, 0.3) is 16.6 Å². The van der Waals surface area contributed by atoms with Gasteiger partial charge in [0, 0.05) is 54.9 Å². The molecular weight excluding hydrogens is 456 g/mol. The summed E-state index contributed by atoms with van der Waals surface area (Å²) in [5, 5.41) is 12.9. The van der Waals surface area contributed by atoms with E-state index in [1.54, 1.807) is 19.3 Å². The van der Waals surface area contributed by atoms with Crippen LogP contribution in [0.4, 0.5) is 17.2 Å². The highest BCUT2D eigenvalue weighted by Crippen LogP contribution is 2.29. The smallest absolute Gasteiger partial charge is 0.302 e. The summed E-state index contributed by atoms with van der Waals surface area (Å²) in [5.74, 6) is 6.80. The van der Waals surface area contributed by atoms with Crippen molar-refractivity contribution in [1.29, 1.82) is 0 Å². The Labute approximate surface area is 207 Å². The highest BCUT2D eigenvalue weighted by atomic mass is 16.5. The summed E-state index contributed by atoms with van der Waals surface area (Å²) in [6.07, 6.45) is 7.26. The van der Waals surface area contributed by atoms with Crippen molar-refractivity contribution in [1.82, 2.24) is 19.4 Å². The SMILES string of the molecule is CN(C(=O)C#CCCO)c1ccc2ncnc(Nc3ccc(Oc4ccn5ccnc5c4)cc3)c2c1. The summed E-state index contributed by atoms with van der Waals surface area (Å²) < 4.78 is 7.87. The van der Waals surface area contributed by atoms with E-state index in [4.69, 9.17) is 9.84 Å². The lowest BCUT2D eigenvalue weighted by Crippen LogP contribution is -2.24. The Hall–Kier alpha value is -4.94. The van der Waals surface area contributed by atoms with Crippen molar-refractivity contribution >= 4 is 39.6 Å². The molecule has 2 N–H and O–H groups in total. The lowest BCUT2D eigenvalue weighted by atomic mass is 10.2. The number of hydrogen-bond donors (Lipinski definition) is 2. The molecule has 36 heavy (non-hydrogen) atoms. The fourth-order valence-electron chi connectivity index (χ4n) is 3.58. The van der Waals surface area contributed by atoms with Crippen molar-refractivity contribution in [3.8, 4) is 23.3 Å². The van der Waals surface area contributed by atoms with E-state index in [1.807, 2.05) is 65.3 Å². The van der Waals surface area contributed by atoms with Crippen LogP contribution in [0.1, 0.15) is 6.42 Å². The first-order valence-electron chi connectivity index (χ1n) is 11.2. The van der Waals surface area contributed by atoms with Crippen molar-refractivity contribution in [3.63, 3.8) is 0 Å². The van der Waals surface area contributed by atoms with E-state index in [9.17, 15) is 4.79 Å². The Morgan fingerprint density at radius 3 is 2.75 bits per heavy atom. The Balaban J connectivity index is 1.34. The summed E-state index contributed by atoms with van der Waals surface area (Å²) in [5.41, 5.74) is 3.01. The topological polar surface area (TPSA) is 105 Å². The molecule has 9 heteroatoms. The molecule has 0 aliphatic carbocycles. The predicted octanol–water partition coefficient (Wildman–Crippen LogP) is 4.16. The molecule has 9 nitrogen and oxygen atoms in total. The number of benzene rings is 2. The summed E-state index contributed by atoms with van der Waals surface area (Å²) in [6, 6.07) is 16.7. The molecule has 178 valence electrons. The number of carbonyl (C=O) groups excluding carboxylic acids is 1. The predicted molar refractivity (Wildman–Crippen MR) is 137 cm³/mol. The molecule has 1 amide bonds. The molecule has 5 aromatic rings. The number of carbonyl (C=O) groups is 1. The Bertz CT molecular complexity index is 1600. The normalized spacial score (nSPS) is 10.6. The van der Waals surface area contributed by atoms with E-state index in [1.165, 1.54) is 11.2 Å². The molecule has 0 atom stereocenters. The first-order valence-corrected chi connectivity index (χ1v) is 11.2. The second kappa shape index (κ2) is 10.1. The van der Waals surface area contributed by atoms with Crippen LogP contribution in [0.15, 0.2) is 79.5 Å². The van der Waals surface area contributed by atoms with Crippen LogP contribution in [0.3, 0.4) is 0 Å². The van der Waals surface area contributed by atoms with Gasteiger partial charge in [0.1, 0.15) is 29.3 Å². The molecule has 0 radical (unpaired) electrons. The molecule has 0 bridgehead atoms. The van der Waals surface area contributed by atoms with Gasteiger partial charge in [0.25, 0.3) is 0 Å². The maximum atomic E-state index is 12.4. The first-order chi connectivity index (χ1) is 17.6. The lowest BCUT2D eigenvalue weighted by molar-refractivity contribution is -0.113. The summed E-state index contributed by atoms with van der Waals surface area (Å²) in [6.45, 7) is -0.0828. The van der Waals surface area contributed by atoms with Crippen LogP contribution in [-0.2, 0) is 4.79 Å². The molecule has 0 aliphatic rings. The van der Waals surface area contributed by atoms with Crippen LogP contribution in [0, 0.1) is 11.8 Å². The minimum Gasteiger partial charge on any atom is -0.457 e. The van der Waals surface area contributed by atoms with Gasteiger partial charge in [-0.3, -0.25) is 4.79 Å². The largest absolute Gasteiger partial charge is 0.457 e. The molecule has 0 aliphatic heterocycles. The Morgan fingerprint density at radius 2 is 1.92 bits per heavy atom. The standard InChI is InChI=1S/C27H22N6O3/c1-32(26(35)4-2-3-15-34)20-7-10-24-23(16-20)27(30-18-29-24)31-19-5-8-21(9-6-19)36-22-11-13-33-14-12-28-25(33)17-22/h5-14,16-18,34H,3,15H2,1H3,(H,29,30,31). The highest BCUT2D eigenvalue weighted by Gasteiger charge is 2.12. The summed E-state index contributed by atoms with van der Waals surface area (Å²) >= 11 is 0. The zero-order chi connectivity index (χ0) is 24.9. The van der Waals surface area contributed by atoms with Gasteiger partial charge < -0.3 is 24.5 Å². The number of ether oxygens (including phenoxy) is 1. The van der Waals surface area contributed by atoms with Gasteiger partial charge in [0.2, 0.25) is 0 Å². The van der Waals surface area contributed by atoms with Gasteiger partial charge in [0.15, 0.2) is 0 Å². The zero-order valence-corrected chi connectivity index (χ0v) is 19.4. The van der Waals surface area contributed by atoms with Gasteiger partial charge >= 0.3 is 5.91 Å². The second-order valence-corrected chi connectivity index (χ2v) is 7.87. The van der Waals surface area contributed by atoms with Crippen LogP contribution < -0.4 is 15.0 Å². The van der Waals surface area contributed by atoms with Gasteiger partial charge in [-0.15, -0.1) is 0 Å². The number of anilines is 3. The van der Waals surface area contributed by atoms with E-state index in [2.05, 4.69) is 32.1 Å². The monoisotopic (exact) mass is 478 g/mol. The fraction of sp³-hybridized carbons (Fsp3) is 0.111. The van der Waals surface area contributed by atoms with Crippen LogP contribution >= 0.6 is 0 Å². The van der Waals surface area contributed by atoms with Crippen molar-refractivity contribution < 1.29 is 14.6 Å². The number of rotatable bonds is 6.